The summed E-state index contributed by atoms with van der Waals surface area (Å²) in [6.07, 6.45) is 1.36. The van der Waals surface area contributed by atoms with Crippen molar-refractivity contribution >= 4 is 35.1 Å². The molecule has 2 fully saturated rings. The lowest BCUT2D eigenvalue weighted by Crippen LogP contribution is -2.55. The van der Waals surface area contributed by atoms with Crippen LogP contribution in [0.15, 0.2) is 48.5 Å². The smallest absolute Gasteiger partial charge is 0.307 e. The van der Waals surface area contributed by atoms with Crippen LogP contribution in [-0.4, -0.2) is 66.2 Å². The standard InChI is InChI=1S/C31H40Cl2N2O4/c1-5-26(20-34-13-15-38-16-14-34)35-29(21-9-11-24(32)12-10-21)27(22-7-6-8-25(33)17-22)18-23(30(35)37)19-28(36)39-31(2,3)4/h6-12,17,23,26-27,29H,5,13-16,18-20H2,1-4H3/t23?,26-,27?,29+/m0/s1. The quantitative estimate of drug-likeness (QED) is 0.336. The van der Waals surface area contributed by atoms with Crippen LogP contribution in [-0.2, 0) is 19.1 Å². The van der Waals surface area contributed by atoms with E-state index in [0.29, 0.717) is 29.7 Å². The highest BCUT2D eigenvalue weighted by molar-refractivity contribution is 6.30. The average molecular weight is 576 g/mol. The SMILES string of the molecule is CC[C@@H](CN1CCOCC1)N1C(=O)C(CC(=O)OC(C)(C)C)CC(c2cccc(Cl)c2)[C@H]1c1ccc(Cl)cc1. The summed E-state index contributed by atoms with van der Waals surface area (Å²) in [7, 11) is 0. The number of esters is 1. The maximum absolute atomic E-state index is 14.4. The average Bonchev–Trinajstić information content (AvgIpc) is 2.88. The summed E-state index contributed by atoms with van der Waals surface area (Å²) in [6.45, 7) is 11.5. The number of ether oxygens (including phenoxy) is 2. The number of nitrogens with zero attached hydrogens (tertiary/aromatic N) is 2. The second-order valence-corrected chi connectivity index (χ2v) is 12.5. The number of piperidine rings is 1. The summed E-state index contributed by atoms with van der Waals surface area (Å²) >= 11 is 12.7. The van der Waals surface area contributed by atoms with Crippen molar-refractivity contribution in [2.45, 2.75) is 70.6 Å². The van der Waals surface area contributed by atoms with Gasteiger partial charge < -0.3 is 14.4 Å². The summed E-state index contributed by atoms with van der Waals surface area (Å²) in [6, 6.07) is 15.4. The highest BCUT2D eigenvalue weighted by Crippen LogP contribution is 2.48. The van der Waals surface area contributed by atoms with E-state index in [1.807, 2.05) is 63.2 Å². The number of amides is 1. The van der Waals surface area contributed by atoms with Crippen LogP contribution < -0.4 is 0 Å². The minimum absolute atomic E-state index is 0.000744. The maximum atomic E-state index is 14.4. The number of morpholine rings is 1. The molecule has 0 radical (unpaired) electrons. The predicted molar refractivity (Wildman–Crippen MR) is 155 cm³/mol. The van der Waals surface area contributed by atoms with Crippen LogP contribution in [0, 0.1) is 5.92 Å². The highest BCUT2D eigenvalue weighted by atomic mass is 35.5. The normalized spacial score (nSPS) is 23.5. The number of hydrogen-bond donors (Lipinski definition) is 0. The van der Waals surface area contributed by atoms with Gasteiger partial charge in [-0.3, -0.25) is 14.5 Å². The Labute approximate surface area is 242 Å². The molecule has 2 aromatic carbocycles. The van der Waals surface area contributed by atoms with E-state index in [2.05, 4.69) is 22.8 Å². The van der Waals surface area contributed by atoms with E-state index in [1.165, 1.54) is 0 Å². The van der Waals surface area contributed by atoms with Crippen LogP contribution in [0.5, 0.6) is 0 Å². The predicted octanol–water partition coefficient (Wildman–Crippen LogP) is 6.51. The van der Waals surface area contributed by atoms with Crippen molar-refractivity contribution in [1.29, 1.82) is 0 Å². The molecule has 2 heterocycles. The molecule has 0 spiro atoms. The fourth-order valence-corrected chi connectivity index (χ4v) is 6.17. The molecule has 4 atom stereocenters. The first kappa shape index (κ1) is 29.9. The largest absolute Gasteiger partial charge is 0.460 e. The Balaban J connectivity index is 1.77. The fraction of sp³-hybridized carbons (Fsp3) is 0.548. The number of benzene rings is 2. The summed E-state index contributed by atoms with van der Waals surface area (Å²) in [4.78, 5) is 31.8. The van der Waals surface area contributed by atoms with Gasteiger partial charge in [-0.1, -0.05) is 54.4 Å². The molecule has 1 amide bonds. The van der Waals surface area contributed by atoms with Gasteiger partial charge in [-0.2, -0.15) is 0 Å². The third-order valence-electron chi connectivity index (χ3n) is 7.58. The number of halogens is 2. The summed E-state index contributed by atoms with van der Waals surface area (Å²) in [5, 5.41) is 1.30. The van der Waals surface area contributed by atoms with Gasteiger partial charge in [0.15, 0.2) is 0 Å². The Morgan fingerprint density at radius 3 is 2.36 bits per heavy atom. The van der Waals surface area contributed by atoms with Crippen LogP contribution in [0.1, 0.15) is 70.0 Å². The maximum Gasteiger partial charge on any atom is 0.307 e. The van der Waals surface area contributed by atoms with Crippen molar-refractivity contribution in [3.05, 3.63) is 69.7 Å². The lowest BCUT2D eigenvalue weighted by molar-refractivity contribution is -0.162. The molecular weight excluding hydrogens is 535 g/mol. The molecule has 2 saturated heterocycles. The van der Waals surface area contributed by atoms with E-state index in [0.717, 1.165) is 37.2 Å². The second-order valence-electron chi connectivity index (χ2n) is 11.6. The molecule has 0 N–H and O–H groups in total. The summed E-state index contributed by atoms with van der Waals surface area (Å²) in [5.74, 6) is -0.907. The van der Waals surface area contributed by atoms with Crippen molar-refractivity contribution in [2.24, 2.45) is 5.92 Å². The van der Waals surface area contributed by atoms with Crippen LogP contribution >= 0.6 is 23.2 Å². The van der Waals surface area contributed by atoms with E-state index >= 15 is 0 Å². The van der Waals surface area contributed by atoms with E-state index in [-0.39, 0.29) is 36.3 Å². The zero-order chi connectivity index (χ0) is 28.2. The molecule has 39 heavy (non-hydrogen) atoms. The molecule has 212 valence electrons. The van der Waals surface area contributed by atoms with Crippen molar-refractivity contribution in [3.8, 4) is 0 Å². The van der Waals surface area contributed by atoms with Crippen molar-refractivity contribution in [2.75, 3.05) is 32.8 Å². The van der Waals surface area contributed by atoms with Crippen molar-refractivity contribution in [1.82, 2.24) is 9.80 Å². The van der Waals surface area contributed by atoms with Crippen molar-refractivity contribution in [3.63, 3.8) is 0 Å². The van der Waals surface area contributed by atoms with Gasteiger partial charge in [0, 0.05) is 47.6 Å². The van der Waals surface area contributed by atoms with Crippen LogP contribution in [0.3, 0.4) is 0 Å². The molecule has 4 rings (SSSR count). The Hall–Kier alpha value is -2.12. The monoisotopic (exact) mass is 574 g/mol. The second kappa shape index (κ2) is 13.0. The summed E-state index contributed by atoms with van der Waals surface area (Å²) < 4.78 is 11.2. The molecule has 6 nitrogen and oxygen atoms in total. The Bertz CT molecular complexity index is 1130. The van der Waals surface area contributed by atoms with Gasteiger partial charge >= 0.3 is 5.97 Å². The molecule has 0 saturated carbocycles. The topological polar surface area (TPSA) is 59.1 Å². The zero-order valence-corrected chi connectivity index (χ0v) is 24.9. The van der Waals surface area contributed by atoms with Gasteiger partial charge in [-0.15, -0.1) is 0 Å². The minimum Gasteiger partial charge on any atom is -0.460 e. The van der Waals surface area contributed by atoms with Crippen LogP contribution in [0.25, 0.3) is 0 Å². The van der Waals surface area contributed by atoms with E-state index in [4.69, 9.17) is 32.7 Å². The first-order chi connectivity index (χ1) is 18.6. The molecule has 2 aliphatic rings. The first-order valence-electron chi connectivity index (χ1n) is 13.9. The van der Waals surface area contributed by atoms with E-state index < -0.39 is 11.5 Å². The van der Waals surface area contributed by atoms with Crippen LogP contribution in [0.2, 0.25) is 10.0 Å². The Morgan fingerprint density at radius 2 is 1.74 bits per heavy atom. The molecule has 2 aliphatic heterocycles. The van der Waals surface area contributed by atoms with Gasteiger partial charge in [0.1, 0.15) is 5.60 Å². The van der Waals surface area contributed by atoms with Gasteiger partial charge in [-0.05, 0) is 69.0 Å². The number of likely N-dealkylation sites (tertiary alicyclic amines) is 1. The van der Waals surface area contributed by atoms with E-state index in [9.17, 15) is 9.59 Å². The minimum atomic E-state index is -0.616. The molecule has 2 unspecified atom stereocenters. The third-order valence-corrected chi connectivity index (χ3v) is 8.07. The molecule has 0 aromatic heterocycles. The molecule has 0 bridgehead atoms. The van der Waals surface area contributed by atoms with E-state index in [1.54, 1.807) is 0 Å². The number of carbonyl (C=O) groups excluding carboxylic acids is 2. The summed E-state index contributed by atoms with van der Waals surface area (Å²) in [5.41, 5.74) is 1.46. The van der Waals surface area contributed by atoms with Crippen molar-refractivity contribution < 1.29 is 19.1 Å². The lowest BCUT2D eigenvalue weighted by atomic mass is 9.74. The first-order valence-corrected chi connectivity index (χ1v) is 14.7. The van der Waals surface area contributed by atoms with Gasteiger partial charge in [0.25, 0.3) is 0 Å². The highest BCUT2D eigenvalue weighted by Gasteiger charge is 2.46. The fourth-order valence-electron chi connectivity index (χ4n) is 5.84. The zero-order valence-electron chi connectivity index (χ0n) is 23.4. The van der Waals surface area contributed by atoms with Gasteiger partial charge in [-0.25, -0.2) is 0 Å². The molecular formula is C31H40Cl2N2O4. The number of carbonyl (C=O) groups is 2. The van der Waals surface area contributed by atoms with Gasteiger partial charge in [0.05, 0.1) is 25.7 Å². The Kier molecular flexibility index (Phi) is 9.97. The molecule has 2 aromatic rings. The van der Waals surface area contributed by atoms with Gasteiger partial charge in [0.2, 0.25) is 5.91 Å². The Morgan fingerprint density at radius 1 is 1.05 bits per heavy atom. The molecule has 8 heteroatoms. The number of rotatable bonds is 8. The molecule has 0 aliphatic carbocycles. The van der Waals surface area contributed by atoms with Crippen LogP contribution in [0.4, 0.5) is 0 Å². The number of hydrogen-bond acceptors (Lipinski definition) is 5. The third kappa shape index (κ3) is 7.75. The lowest BCUT2D eigenvalue weighted by Gasteiger charge is -2.49.